The Morgan fingerprint density at radius 3 is 2.74 bits per heavy atom. The number of carbonyl (C=O) groups excluding carboxylic acids is 1. The van der Waals surface area contributed by atoms with E-state index >= 15 is 0 Å². The Bertz CT molecular complexity index is 1290. The number of hydrogen-bond donors (Lipinski definition) is 0. The molecule has 0 spiro atoms. The zero-order valence-corrected chi connectivity index (χ0v) is 21.9. The normalized spacial score (nSPS) is 14.3. The van der Waals surface area contributed by atoms with Gasteiger partial charge in [0.15, 0.2) is 0 Å². The molecular weight excluding hydrogens is 437 g/mol. The van der Waals surface area contributed by atoms with E-state index in [1.165, 1.54) is 43.2 Å². The number of nitrogens with zero attached hydrogens (tertiary/aromatic N) is 3. The number of aryl methyl sites for hydroxylation is 2. The summed E-state index contributed by atoms with van der Waals surface area (Å²) in [7, 11) is 0. The Labute approximate surface area is 221 Å². The number of carbonyl (C=O) groups is 1. The standard InChI is InChI=1S/C27H29N3O3.Na/c1-2-18-17-20(11-12-21(18)19-7-4-3-5-8-19)27-28-26(29-33-27)23-9-6-10-24-22(23)13-15-30(24)16-14-25(31)32;/h6,9-13,15,17,19H,2-5,7-8,14,16H2,1H3,(H,31,32);/q;+1/p-1. The average Bonchev–Trinajstić information content (AvgIpc) is 3.50. The first-order valence-corrected chi connectivity index (χ1v) is 11.9. The van der Waals surface area contributed by atoms with Crippen molar-refractivity contribution < 1.29 is 44.0 Å². The van der Waals surface area contributed by atoms with Crippen LogP contribution < -0.4 is 34.7 Å². The fourth-order valence-electron chi connectivity index (χ4n) is 5.13. The molecule has 0 saturated heterocycles. The molecule has 1 saturated carbocycles. The molecule has 5 rings (SSSR count). The van der Waals surface area contributed by atoms with E-state index in [0.29, 0.717) is 24.2 Å². The summed E-state index contributed by atoms with van der Waals surface area (Å²) in [6, 6.07) is 14.4. The molecule has 6 nitrogen and oxygen atoms in total. The van der Waals surface area contributed by atoms with Gasteiger partial charge in [-0.15, -0.1) is 0 Å². The van der Waals surface area contributed by atoms with Crippen molar-refractivity contribution >= 4 is 16.9 Å². The number of benzene rings is 2. The molecule has 0 radical (unpaired) electrons. The van der Waals surface area contributed by atoms with Crippen molar-refractivity contribution in [1.82, 2.24) is 14.7 Å². The van der Waals surface area contributed by atoms with Crippen molar-refractivity contribution in [3.8, 4) is 22.8 Å². The van der Waals surface area contributed by atoms with Gasteiger partial charge >= 0.3 is 29.6 Å². The SMILES string of the molecule is CCc1cc(-c2nc(-c3cccc4c3ccn4CCC(=O)[O-])no2)ccc1C1CCCCC1.[Na+]. The van der Waals surface area contributed by atoms with Crippen molar-refractivity contribution in [2.45, 2.75) is 64.3 Å². The van der Waals surface area contributed by atoms with Crippen LogP contribution in [0.2, 0.25) is 0 Å². The predicted molar refractivity (Wildman–Crippen MR) is 125 cm³/mol. The van der Waals surface area contributed by atoms with Gasteiger partial charge in [0.05, 0.1) is 0 Å². The van der Waals surface area contributed by atoms with Crippen molar-refractivity contribution in [3.63, 3.8) is 0 Å². The minimum atomic E-state index is -1.06. The minimum Gasteiger partial charge on any atom is -0.550 e. The van der Waals surface area contributed by atoms with Crippen LogP contribution in [0, 0.1) is 0 Å². The van der Waals surface area contributed by atoms with Gasteiger partial charge < -0.3 is 19.0 Å². The molecule has 0 aliphatic heterocycles. The minimum absolute atomic E-state index is 0. The predicted octanol–water partition coefficient (Wildman–Crippen LogP) is 2.11. The maximum atomic E-state index is 10.9. The zero-order chi connectivity index (χ0) is 22.8. The molecule has 7 heteroatoms. The second-order valence-electron chi connectivity index (χ2n) is 8.89. The van der Waals surface area contributed by atoms with Crippen LogP contribution in [0.1, 0.15) is 62.5 Å². The van der Waals surface area contributed by atoms with E-state index in [2.05, 4.69) is 30.3 Å². The third-order valence-electron chi connectivity index (χ3n) is 6.85. The van der Waals surface area contributed by atoms with Crippen molar-refractivity contribution in [3.05, 3.63) is 59.8 Å². The molecule has 34 heavy (non-hydrogen) atoms. The van der Waals surface area contributed by atoms with Crippen LogP contribution in [0.4, 0.5) is 0 Å². The summed E-state index contributed by atoms with van der Waals surface area (Å²) in [5.74, 6) is 0.655. The molecule has 2 aromatic carbocycles. The molecule has 1 aliphatic carbocycles. The van der Waals surface area contributed by atoms with Crippen LogP contribution >= 0.6 is 0 Å². The number of aromatic nitrogens is 3. The van der Waals surface area contributed by atoms with E-state index in [0.717, 1.165) is 28.5 Å². The molecule has 4 aromatic rings. The van der Waals surface area contributed by atoms with Gasteiger partial charge in [-0.1, -0.05) is 49.5 Å². The van der Waals surface area contributed by atoms with Crippen molar-refractivity contribution in [1.29, 1.82) is 0 Å². The van der Waals surface area contributed by atoms with Gasteiger partial charge in [0.2, 0.25) is 5.82 Å². The van der Waals surface area contributed by atoms with Gasteiger partial charge in [0.1, 0.15) is 0 Å². The molecule has 1 fully saturated rings. The van der Waals surface area contributed by atoms with Crippen LogP contribution in [-0.2, 0) is 17.8 Å². The molecule has 2 heterocycles. The van der Waals surface area contributed by atoms with Gasteiger partial charge in [-0.2, -0.15) is 4.98 Å². The summed E-state index contributed by atoms with van der Waals surface area (Å²) in [6.45, 7) is 2.57. The summed E-state index contributed by atoms with van der Waals surface area (Å²) in [4.78, 5) is 15.6. The van der Waals surface area contributed by atoms with Crippen molar-refractivity contribution in [2.24, 2.45) is 0 Å². The Balaban J connectivity index is 0.00000274. The van der Waals surface area contributed by atoms with Crippen molar-refractivity contribution in [2.75, 3.05) is 0 Å². The molecular formula is C27H28N3NaO3. The maximum absolute atomic E-state index is 10.9. The van der Waals surface area contributed by atoms with Crippen LogP contribution in [-0.4, -0.2) is 20.7 Å². The molecule has 0 bridgehead atoms. The van der Waals surface area contributed by atoms with Gasteiger partial charge in [0, 0.05) is 47.2 Å². The second-order valence-corrected chi connectivity index (χ2v) is 8.89. The molecule has 0 N–H and O–H groups in total. The number of fused-ring (bicyclic) bond motifs is 1. The number of aliphatic carboxylic acids is 1. The monoisotopic (exact) mass is 465 g/mol. The van der Waals surface area contributed by atoms with Crippen LogP contribution in [0.3, 0.4) is 0 Å². The summed E-state index contributed by atoms with van der Waals surface area (Å²) in [5.41, 5.74) is 5.59. The zero-order valence-electron chi connectivity index (χ0n) is 19.9. The van der Waals surface area contributed by atoms with Crippen LogP contribution in [0.25, 0.3) is 33.7 Å². The van der Waals surface area contributed by atoms with Crippen LogP contribution in [0.15, 0.2) is 53.2 Å². The smallest absolute Gasteiger partial charge is 0.550 e. The topological polar surface area (TPSA) is 84.0 Å². The summed E-state index contributed by atoms with van der Waals surface area (Å²) < 4.78 is 7.58. The third kappa shape index (κ3) is 4.99. The van der Waals surface area contributed by atoms with Crippen LogP contribution in [0.5, 0.6) is 0 Å². The summed E-state index contributed by atoms with van der Waals surface area (Å²) in [5, 5.41) is 16.1. The number of hydrogen-bond acceptors (Lipinski definition) is 5. The summed E-state index contributed by atoms with van der Waals surface area (Å²) in [6.07, 6.45) is 9.40. The van der Waals surface area contributed by atoms with Gasteiger partial charge in [-0.05, 0) is 60.6 Å². The Morgan fingerprint density at radius 2 is 1.97 bits per heavy atom. The van der Waals surface area contributed by atoms with E-state index < -0.39 is 5.97 Å². The first-order valence-electron chi connectivity index (χ1n) is 11.9. The first kappa shape index (κ1) is 24.7. The molecule has 1 aliphatic rings. The molecule has 0 amide bonds. The molecule has 2 aromatic heterocycles. The van der Waals surface area contributed by atoms with Gasteiger partial charge in [-0.3, -0.25) is 0 Å². The maximum Gasteiger partial charge on any atom is 1.00 e. The van der Waals surface area contributed by atoms with E-state index in [1.54, 1.807) is 0 Å². The van der Waals surface area contributed by atoms with Gasteiger partial charge in [0.25, 0.3) is 5.89 Å². The number of carboxylic acid groups (broad SMARTS) is 1. The average molecular weight is 466 g/mol. The first-order chi connectivity index (χ1) is 16.1. The second kappa shape index (κ2) is 10.9. The van der Waals surface area contributed by atoms with E-state index in [-0.39, 0.29) is 36.0 Å². The number of carboxylic acids is 1. The Hall–Kier alpha value is -2.41. The van der Waals surface area contributed by atoms with Gasteiger partial charge in [-0.25, -0.2) is 0 Å². The summed E-state index contributed by atoms with van der Waals surface area (Å²) >= 11 is 0. The quantitative estimate of drug-likeness (QED) is 0.391. The van der Waals surface area contributed by atoms with E-state index in [4.69, 9.17) is 9.51 Å². The molecule has 170 valence electrons. The molecule has 0 atom stereocenters. The Morgan fingerprint density at radius 1 is 1.15 bits per heavy atom. The fraction of sp³-hybridized carbons (Fsp3) is 0.370. The largest absolute Gasteiger partial charge is 1.00 e. The number of rotatable bonds is 7. The molecule has 0 unspecified atom stereocenters. The third-order valence-corrected chi connectivity index (χ3v) is 6.85. The Kier molecular flexibility index (Phi) is 7.91. The fourth-order valence-corrected chi connectivity index (χ4v) is 5.13. The van der Waals surface area contributed by atoms with E-state index in [1.807, 2.05) is 35.0 Å². The van der Waals surface area contributed by atoms with E-state index in [9.17, 15) is 9.90 Å².